The third-order valence-corrected chi connectivity index (χ3v) is 5.22. The first-order chi connectivity index (χ1) is 11.8. The van der Waals surface area contributed by atoms with Crippen molar-refractivity contribution in [3.63, 3.8) is 0 Å². The first-order valence-electron chi connectivity index (χ1n) is 7.14. The van der Waals surface area contributed by atoms with Gasteiger partial charge in [-0.2, -0.15) is 0 Å². The molecule has 7 nitrogen and oxygen atoms in total. The fraction of sp³-hybridized carbons (Fsp3) is 0.125. The van der Waals surface area contributed by atoms with Crippen LogP contribution in [0.1, 0.15) is 12.8 Å². The van der Waals surface area contributed by atoms with Gasteiger partial charge in [0.25, 0.3) is 10.0 Å². The molecule has 132 valence electrons. The quantitative estimate of drug-likeness (QED) is 0.593. The highest BCUT2D eigenvalue weighted by Crippen LogP contribution is 2.19. The maximum atomic E-state index is 12.3. The van der Waals surface area contributed by atoms with Crippen molar-refractivity contribution in [1.82, 2.24) is 0 Å². The number of amides is 1. The van der Waals surface area contributed by atoms with Gasteiger partial charge in [0, 0.05) is 27.3 Å². The number of carbonyl (C=O) groups excluding carboxylic acids is 2. The van der Waals surface area contributed by atoms with Gasteiger partial charge in [-0.05, 0) is 77.5 Å². The highest BCUT2D eigenvalue weighted by atomic mass is 127. The van der Waals surface area contributed by atoms with Crippen molar-refractivity contribution in [1.29, 1.82) is 0 Å². The molecule has 0 fully saturated rings. The van der Waals surface area contributed by atoms with Crippen molar-refractivity contribution in [2.75, 3.05) is 10.0 Å². The van der Waals surface area contributed by atoms with Crippen LogP contribution in [0.3, 0.4) is 0 Å². The van der Waals surface area contributed by atoms with Crippen LogP contribution >= 0.6 is 22.6 Å². The molecular weight excluding hydrogens is 459 g/mol. The van der Waals surface area contributed by atoms with Gasteiger partial charge in [-0.3, -0.25) is 9.52 Å². The zero-order valence-electron chi connectivity index (χ0n) is 12.9. The number of nitrogens with one attached hydrogen (secondary N) is 2. The third kappa shape index (κ3) is 6.02. The van der Waals surface area contributed by atoms with Crippen molar-refractivity contribution in [3.05, 3.63) is 52.1 Å². The predicted octanol–water partition coefficient (Wildman–Crippen LogP) is 1.56. The fourth-order valence-corrected chi connectivity index (χ4v) is 3.31. The van der Waals surface area contributed by atoms with Gasteiger partial charge in [-0.1, -0.05) is 0 Å². The Morgan fingerprint density at radius 2 is 1.48 bits per heavy atom. The predicted molar refractivity (Wildman–Crippen MR) is 99.3 cm³/mol. The summed E-state index contributed by atoms with van der Waals surface area (Å²) in [4.78, 5) is 21.9. The average molecular weight is 473 g/mol. The van der Waals surface area contributed by atoms with Crippen LogP contribution in [0.5, 0.6) is 0 Å². The summed E-state index contributed by atoms with van der Waals surface area (Å²) in [7, 11) is -3.74. The molecule has 2 rings (SSSR count). The van der Waals surface area contributed by atoms with E-state index in [0.717, 1.165) is 3.57 Å². The number of carbonyl (C=O) groups is 2. The summed E-state index contributed by atoms with van der Waals surface area (Å²) in [6, 6.07) is 12.4. The Hall–Kier alpha value is -2.14. The maximum absolute atomic E-state index is 12.3. The van der Waals surface area contributed by atoms with Crippen LogP contribution in [0.4, 0.5) is 11.4 Å². The van der Waals surface area contributed by atoms with Crippen molar-refractivity contribution in [3.8, 4) is 0 Å². The van der Waals surface area contributed by atoms with E-state index in [9.17, 15) is 23.1 Å². The number of carboxylic acid groups (broad SMARTS) is 1. The highest BCUT2D eigenvalue weighted by molar-refractivity contribution is 14.1. The first kappa shape index (κ1) is 19.2. The molecule has 2 aromatic carbocycles. The second-order valence-corrected chi connectivity index (χ2v) is 7.98. The molecule has 2 N–H and O–H groups in total. The van der Waals surface area contributed by atoms with Crippen molar-refractivity contribution in [2.45, 2.75) is 17.7 Å². The van der Waals surface area contributed by atoms with E-state index in [2.05, 4.69) is 32.6 Å². The van der Waals surface area contributed by atoms with Gasteiger partial charge >= 0.3 is 0 Å². The molecule has 0 saturated carbocycles. The zero-order chi connectivity index (χ0) is 18.4. The van der Waals surface area contributed by atoms with E-state index >= 15 is 0 Å². The second kappa shape index (κ2) is 8.30. The lowest BCUT2D eigenvalue weighted by Gasteiger charge is -2.10. The number of sulfonamides is 1. The minimum atomic E-state index is -3.74. The summed E-state index contributed by atoms with van der Waals surface area (Å²) in [5.74, 6) is -1.80. The van der Waals surface area contributed by atoms with Gasteiger partial charge in [0.1, 0.15) is 0 Å². The Morgan fingerprint density at radius 3 is 2.04 bits per heavy atom. The monoisotopic (exact) mass is 473 g/mol. The molecule has 0 aliphatic heterocycles. The summed E-state index contributed by atoms with van der Waals surface area (Å²) in [5.41, 5.74) is 0.816. The first-order valence-corrected chi connectivity index (χ1v) is 9.70. The molecule has 2 aromatic rings. The second-order valence-electron chi connectivity index (χ2n) is 5.06. The summed E-state index contributed by atoms with van der Waals surface area (Å²) in [5, 5.41) is 12.8. The van der Waals surface area contributed by atoms with Crippen LogP contribution in [-0.2, 0) is 19.6 Å². The molecule has 0 aromatic heterocycles. The molecule has 1 amide bonds. The Labute approximate surface area is 158 Å². The third-order valence-electron chi connectivity index (χ3n) is 3.10. The molecule has 0 radical (unpaired) electrons. The van der Waals surface area contributed by atoms with Gasteiger partial charge in [0.05, 0.1) is 4.90 Å². The van der Waals surface area contributed by atoms with Crippen LogP contribution in [-0.4, -0.2) is 20.3 Å². The van der Waals surface area contributed by atoms with Crippen molar-refractivity contribution >= 4 is 55.9 Å². The van der Waals surface area contributed by atoms with Gasteiger partial charge in [0.2, 0.25) is 5.91 Å². The van der Waals surface area contributed by atoms with E-state index in [1.54, 1.807) is 24.3 Å². The molecule has 0 saturated heterocycles. The number of rotatable bonds is 7. The molecule has 0 aliphatic carbocycles. The number of hydrogen-bond acceptors (Lipinski definition) is 5. The Morgan fingerprint density at radius 1 is 0.920 bits per heavy atom. The van der Waals surface area contributed by atoms with Gasteiger partial charge < -0.3 is 15.2 Å². The van der Waals surface area contributed by atoms with E-state index in [-0.39, 0.29) is 17.7 Å². The number of hydrogen-bond donors (Lipinski definition) is 2. The van der Waals surface area contributed by atoms with E-state index in [1.165, 1.54) is 24.3 Å². The number of halogens is 1. The molecule has 0 atom stereocenters. The molecule has 0 bridgehead atoms. The Kier molecular flexibility index (Phi) is 6.37. The minimum Gasteiger partial charge on any atom is -0.550 e. The smallest absolute Gasteiger partial charge is 0.261 e. The largest absolute Gasteiger partial charge is 0.550 e. The molecule has 0 spiro atoms. The number of anilines is 2. The Bertz CT molecular complexity index is 864. The van der Waals surface area contributed by atoms with Crippen molar-refractivity contribution < 1.29 is 23.1 Å². The topological polar surface area (TPSA) is 115 Å². The van der Waals surface area contributed by atoms with E-state index in [4.69, 9.17) is 0 Å². The van der Waals surface area contributed by atoms with Gasteiger partial charge in [-0.25, -0.2) is 8.42 Å². The number of aliphatic carboxylic acids is 1. The molecule has 25 heavy (non-hydrogen) atoms. The maximum Gasteiger partial charge on any atom is 0.261 e. The summed E-state index contributed by atoms with van der Waals surface area (Å²) in [6.07, 6.45) is -0.588. The van der Waals surface area contributed by atoms with Crippen LogP contribution in [0.15, 0.2) is 53.4 Å². The van der Waals surface area contributed by atoms with E-state index in [1.807, 2.05) is 0 Å². The van der Waals surface area contributed by atoms with Crippen LogP contribution < -0.4 is 15.1 Å². The highest BCUT2D eigenvalue weighted by Gasteiger charge is 2.14. The zero-order valence-corrected chi connectivity index (χ0v) is 15.8. The van der Waals surface area contributed by atoms with Gasteiger partial charge in [0.15, 0.2) is 0 Å². The minimum absolute atomic E-state index is 0.0405. The van der Waals surface area contributed by atoms with Crippen molar-refractivity contribution in [2.24, 2.45) is 0 Å². The summed E-state index contributed by atoms with van der Waals surface area (Å²) >= 11 is 2.12. The van der Waals surface area contributed by atoms with Gasteiger partial charge in [-0.15, -0.1) is 0 Å². The van der Waals surface area contributed by atoms with Crippen LogP contribution in [0, 0.1) is 3.57 Å². The molecule has 0 aliphatic rings. The molecule has 0 heterocycles. The molecule has 0 unspecified atom stereocenters. The van der Waals surface area contributed by atoms with Crippen LogP contribution in [0.2, 0.25) is 0 Å². The number of benzene rings is 2. The van der Waals surface area contributed by atoms with Crippen LogP contribution in [0.25, 0.3) is 0 Å². The SMILES string of the molecule is O=C([O-])CCC(=O)Nc1ccc(S(=O)(=O)Nc2ccc(I)cc2)cc1. The van der Waals surface area contributed by atoms with E-state index in [0.29, 0.717) is 11.4 Å². The molecular formula is C16H14IN2O5S-. The van der Waals surface area contributed by atoms with E-state index < -0.39 is 21.9 Å². The summed E-state index contributed by atoms with van der Waals surface area (Å²) < 4.78 is 28.1. The summed E-state index contributed by atoms with van der Waals surface area (Å²) in [6.45, 7) is 0. The fourth-order valence-electron chi connectivity index (χ4n) is 1.89. The normalized spacial score (nSPS) is 10.9. The standard InChI is InChI=1S/C16H15IN2O5S/c17-11-1-3-13(4-2-11)19-25(23,24)14-7-5-12(6-8-14)18-15(20)9-10-16(21)22/h1-8,19H,9-10H2,(H,18,20)(H,21,22)/p-1. The lowest BCUT2D eigenvalue weighted by atomic mass is 10.2. The number of carboxylic acids is 1. The molecule has 9 heteroatoms. The Balaban J connectivity index is 2.04. The average Bonchev–Trinajstić information content (AvgIpc) is 2.55. The lowest BCUT2D eigenvalue weighted by molar-refractivity contribution is -0.305. The lowest BCUT2D eigenvalue weighted by Crippen LogP contribution is -2.24.